The van der Waals surface area contributed by atoms with E-state index in [0.29, 0.717) is 32.3 Å². The third-order valence-electron chi connectivity index (χ3n) is 6.06. The highest BCUT2D eigenvalue weighted by Crippen LogP contribution is 2.30. The smallest absolute Gasteiger partial charge is 0.109 e. The van der Waals surface area contributed by atoms with Crippen LogP contribution in [0.3, 0.4) is 0 Å². The average Bonchev–Trinajstić information content (AvgIpc) is 2.73. The molecule has 0 unspecified atom stereocenters. The topological polar surface area (TPSA) is 140 Å². The lowest BCUT2D eigenvalue weighted by atomic mass is 9.81. The van der Waals surface area contributed by atoms with E-state index in [9.17, 15) is 30.6 Å². The Morgan fingerprint density at radius 3 is 2.14 bits per heavy atom. The second-order valence-corrected chi connectivity index (χ2v) is 8.11. The molecule has 1 aromatic carbocycles. The van der Waals surface area contributed by atoms with Crippen LogP contribution < -0.4 is 0 Å². The summed E-state index contributed by atoms with van der Waals surface area (Å²) in [6, 6.07) is 9.77. The summed E-state index contributed by atoms with van der Waals surface area (Å²) in [6.07, 6.45) is -6.87. The highest BCUT2D eigenvalue weighted by molar-refractivity contribution is 5.14. The largest absolute Gasteiger partial charge is 0.390 e. The number of ether oxygens (including phenoxy) is 2. The van der Waals surface area contributed by atoms with Crippen molar-refractivity contribution in [3.63, 3.8) is 0 Å². The summed E-state index contributed by atoms with van der Waals surface area (Å²) in [5, 5.41) is 60.3. The Hall–Kier alpha value is -1.10. The molecule has 2 fully saturated rings. The maximum atomic E-state index is 10.3. The van der Waals surface area contributed by atoms with E-state index in [1.165, 1.54) is 0 Å². The van der Waals surface area contributed by atoms with Gasteiger partial charge in [-0.1, -0.05) is 30.3 Å². The number of aliphatic hydroxyl groups is 6. The van der Waals surface area contributed by atoms with Crippen LogP contribution in [0.25, 0.3) is 0 Å². The van der Waals surface area contributed by atoms with E-state index in [2.05, 4.69) is 0 Å². The van der Waals surface area contributed by atoms with Crippen molar-refractivity contribution in [2.45, 2.75) is 74.5 Å². The number of hydrogen-bond acceptors (Lipinski definition) is 8. The molecular formula is C21H32O8. The minimum Gasteiger partial charge on any atom is -0.390 e. The van der Waals surface area contributed by atoms with Crippen molar-refractivity contribution in [1.82, 2.24) is 0 Å². The molecule has 0 saturated heterocycles. The first kappa shape index (κ1) is 22.6. The van der Waals surface area contributed by atoms with Gasteiger partial charge < -0.3 is 40.1 Å². The van der Waals surface area contributed by atoms with Gasteiger partial charge in [0.15, 0.2) is 0 Å². The zero-order valence-electron chi connectivity index (χ0n) is 16.3. The Kier molecular flexibility index (Phi) is 8.00. The summed E-state index contributed by atoms with van der Waals surface area (Å²) in [5.74, 6) is -0.494. The quantitative estimate of drug-likeness (QED) is 0.334. The molecule has 2 aliphatic rings. The van der Waals surface area contributed by atoms with E-state index in [1.54, 1.807) is 0 Å². The van der Waals surface area contributed by atoms with E-state index < -0.39 is 54.7 Å². The molecule has 29 heavy (non-hydrogen) atoms. The molecule has 0 radical (unpaired) electrons. The molecule has 1 aromatic rings. The first-order valence-corrected chi connectivity index (χ1v) is 10.2. The number of aliphatic hydroxyl groups excluding tert-OH is 6. The Labute approximate surface area is 170 Å². The minimum atomic E-state index is -1.36. The van der Waals surface area contributed by atoms with Crippen LogP contribution in [0.1, 0.15) is 24.8 Å². The third-order valence-corrected chi connectivity index (χ3v) is 6.06. The SMILES string of the molecule is O[C@H]1[C@H](O)[C@@H](CO[C@H]2CC[C@H](O)[C@H](O)[C@H]2O)C[C@H](OCCc2ccccc2)[C@@H]1O. The van der Waals surface area contributed by atoms with Gasteiger partial charge in [-0.2, -0.15) is 0 Å². The number of rotatable bonds is 7. The van der Waals surface area contributed by atoms with E-state index in [4.69, 9.17) is 9.47 Å². The molecule has 9 atom stereocenters. The maximum Gasteiger partial charge on any atom is 0.109 e. The van der Waals surface area contributed by atoms with Crippen LogP contribution in [-0.4, -0.2) is 92.7 Å². The van der Waals surface area contributed by atoms with Crippen LogP contribution in [0.15, 0.2) is 30.3 Å². The van der Waals surface area contributed by atoms with Crippen molar-refractivity contribution in [2.24, 2.45) is 5.92 Å². The highest BCUT2D eigenvalue weighted by atomic mass is 16.5. The number of hydrogen-bond donors (Lipinski definition) is 6. The fraction of sp³-hybridized carbons (Fsp3) is 0.714. The van der Waals surface area contributed by atoms with Gasteiger partial charge in [-0.05, 0) is 31.2 Å². The van der Waals surface area contributed by atoms with Crippen molar-refractivity contribution in [3.8, 4) is 0 Å². The summed E-state index contributed by atoms with van der Waals surface area (Å²) in [5.41, 5.74) is 1.10. The van der Waals surface area contributed by atoms with Gasteiger partial charge in [-0.3, -0.25) is 0 Å². The van der Waals surface area contributed by atoms with Crippen LogP contribution in [0, 0.1) is 5.92 Å². The van der Waals surface area contributed by atoms with E-state index in [0.717, 1.165) is 5.56 Å². The Morgan fingerprint density at radius 1 is 0.724 bits per heavy atom. The van der Waals surface area contributed by atoms with E-state index in [1.807, 2.05) is 30.3 Å². The molecule has 0 aromatic heterocycles. The second-order valence-electron chi connectivity index (χ2n) is 8.11. The lowest BCUT2D eigenvalue weighted by Gasteiger charge is -2.41. The summed E-state index contributed by atoms with van der Waals surface area (Å²) in [7, 11) is 0. The first-order chi connectivity index (χ1) is 13.9. The lowest BCUT2D eigenvalue weighted by molar-refractivity contribution is -0.195. The lowest BCUT2D eigenvalue weighted by Crippen LogP contribution is -2.56. The maximum absolute atomic E-state index is 10.3. The molecule has 8 heteroatoms. The molecule has 0 heterocycles. The summed E-state index contributed by atoms with van der Waals surface area (Å²) in [6.45, 7) is 0.404. The van der Waals surface area contributed by atoms with Crippen LogP contribution >= 0.6 is 0 Å². The predicted molar refractivity (Wildman–Crippen MR) is 103 cm³/mol. The molecule has 0 spiro atoms. The summed E-state index contributed by atoms with van der Waals surface area (Å²) < 4.78 is 11.5. The zero-order valence-corrected chi connectivity index (χ0v) is 16.3. The molecule has 0 bridgehead atoms. The van der Waals surface area contributed by atoms with Gasteiger partial charge >= 0.3 is 0 Å². The molecular weight excluding hydrogens is 380 g/mol. The normalized spacial score (nSPS) is 40.7. The van der Waals surface area contributed by atoms with Crippen molar-refractivity contribution in [3.05, 3.63) is 35.9 Å². The standard InChI is InChI=1S/C21H32O8/c22-14-6-7-15(19(25)18(14)24)29-11-13-10-16(20(26)21(27)17(13)23)28-9-8-12-4-2-1-3-5-12/h1-5,13-27H,6-11H2/t13-,14+,15+,16+,17-,18+,19+,20+,21+/m1/s1. The van der Waals surface area contributed by atoms with Crippen LogP contribution in [0.4, 0.5) is 0 Å². The van der Waals surface area contributed by atoms with Crippen LogP contribution in [0.2, 0.25) is 0 Å². The van der Waals surface area contributed by atoms with Gasteiger partial charge in [0.2, 0.25) is 0 Å². The molecule has 8 nitrogen and oxygen atoms in total. The van der Waals surface area contributed by atoms with E-state index in [-0.39, 0.29) is 6.61 Å². The van der Waals surface area contributed by atoms with Gasteiger partial charge in [-0.25, -0.2) is 0 Å². The van der Waals surface area contributed by atoms with Crippen molar-refractivity contribution in [2.75, 3.05) is 13.2 Å². The van der Waals surface area contributed by atoms with Gasteiger partial charge in [-0.15, -0.1) is 0 Å². The highest BCUT2D eigenvalue weighted by Gasteiger charge is 2.44. The van der Waals surface area contributed by atoms with E-state index >= 15 is 0 Å². The third kappa shape index (κ3) is 5.53. The van der Waals surface area contributed by atoms with Gasteiger partial charge in [0.25, 0.3) is 0 Å². The fourth-order valence-electron chi connectivity index (χ4n) is 4.14. The monoisotopic (exact) mass is 412 g/mol. The average molecular weight is 412 g/mol. The van der Waals surface area contributed by atoms with Crippen LogP contribution in [-0.2, 0) is 15.9 Å². The molecule has 164 valence electrons. The van der Waals surface area contributed by atoms with Crippen LogP contribution in [0.5, 0.6) is 0 Å². The Balaban J connectivity index is 1.51. The van der Waals surface area contributed by atoms with Crippen molar-refractivity contribution < 1.29 is 40.1 Å². The molecule has 6 N–H and O–H groups in total. The first-order valence-electron chi connectivity index (χ1n) is 10.2. The van der Waals surface area contributed by atoms with Gasteiger partial charge in [0.1, 0.15) is 24.4 Å². The molecule has 2 saturated carbocycles. The fourth-order valence-corrected chi connectivity index (χ4v) is 4.14. The van der Waals surface area contributed by atoms with Crippen molar-refractivity contribution in [1.29, 1.82) is 0 Å². The van der Waals surface area contributed by atoms with Gasteiger partial charge in [0.05, 0.1) is 37.6 Å². The molecule has 3 rings (SSSR count). The molecule has 0 aliphatic heterocycles. The predicted octanol–water partition coefficient (Wildman–Crippen LogP) is -1.02. The minimum absolute atomic E-state index is 0.0357. The molecule has 0 amide bonds. The number of benzene rings is 1. The van der Waals surface area contributed by atoms with Crippen molar-refractivity contribution >= 4 is 0 Å². The Morgan fingerprint density at radius 2 is 1.41 bits per heavy atom. The van der Waals surface area contributed by atoms with Gasteiger partial charge in [0, 0.05) is 5.92 Å². The second kappa shape index (κ2) is 10.3. The Bertz CT molecular complexity index is 614. The zero-order chi connectivity index (χ0) is 21.0. The summed E-state index contributed by atoms with van der Waals surface area (Å²) in [4.78, 5) is 0. The summed E-state index contributed by atoms with van der Waals surface area (Å²) >= 11 is 0. The molecule has 2 aliphatic carbocycles.